The van der Waals surface area contributed by atoms with Crippen LogP contribution in [0.1, 0.15) is 43.7 Å². The smallest absolute Gasteiger partial charge is 0.236 e. The Morgan fingerprint density at radius 2 is 1.86 bits per heavy atom. The Kier molecular flexibility index (Phi) is 5.98. The Morgan fingerprint density at radius 3 is 2.41 bits per heavy atom. The molecule has 0 radical (unpaired) electrons. The summed E-state index contributed by atoms with van der Waals surface area (Å²) in [7, 11) is 1.98. The van der Waals surface area contributed by atoms with Crippen molar-refractivity contribution in [3.63, 3.8) is 0 Å². The molecule has 1 aromatic rings. The molecule has 0 spiro atoms. The second-order valence-corrected chi connectivity index (χ2v) is 6.68. The highest BCUT2D eigenvalue weighted by molar-refractivity contribution is 5.78. The lowest BCUT2D eigenvalue weighted by atomic mass is 10.0. The van der Waals surface area contributed by atoms with Gasteiger partial charge in [-0.1, -0.05) is 38.1 Å². The molecule has 122 valence electrons. The topological polar surface area (TPSA) is 43.8 Å². The summed E-state index contributed by atoms with van der Waals surface area (Å²) in [6.07, 6.45) is 1.17. The van der Waals surface area contributed by atoms with E-state index in [-0.39, 0.29) is 12.0 Å². The van der Waals surface area contributed by atoms with Gasteiger partial charge in [-0.2, -0.15) is 0 Å². The minimum absolute atomic E-state index is 0.160. The average Bonchev–Trinajstić information content (AvgIpc) is 2.48. The van der Waals surface area contributed by atoms with E-state index in [1.54, 1.807) is 0 Å². The number of hydrogen-bond acceptors (Lipinski definition) is 3. The van der Waals surface area contributed by atoms with Crippen LogP contribution in [0.4, 0.5) is 0 Å². The number of rotatable bonds is 5. The SMILES string of the molecule is CC(C)c1ccc(CN(C)CC(=O)N2CCC(O)CC2)cc1. The molecule has 1 amide bonds. The zero-order valence-electron chi connectivity index (χ0n) is 14.0. The fraction of sp³-hybridized carbons (Fsp3) is 0.611. The number of carbonyl (C=O) groups excluding carboxylic acids is 1. The van der Waals surface area contributed by atoms with E-state index in [1.165, 1.54) is 11.1 Å². The number of likely N-dealkylation sites (N-methyl/N-ethyl adjacent to an activating group) is 1. The van der Waals surface area contributed by atoms with Crippen molar-refractivity contribution in [2.75, 3.05) is 26.7 Å². The first-order chi connectivity index (χ1) is 10.5. The van der Waals surface area contributed by atoms with E-state index in [2.05, 4.69) is 43.0 Å². The third-order valence-corrected chi connectivity index (χ3v) is 4.32. The first-order valence-electron chi connectivity index (χ1n) is 8.19. The number of aliphatic hydroxyl groups is 1. The van der Waals surface area contributed by atoms with E-state index in [1.807, 2.05) is 11.9 Å². The highest BCUT2D eigenvalue weighted by atomic mass is 16.3. The van der Waals surface area contributed by atoms with Crippen molar-refractivity contribution < 1.29 is 9.90 Å². The summed E-state index contributed by atoms with van der Waals surface area (Å²) in [5, 5.41) is 9.50. The maximum Gasteiger partial charge on any atom is 0.236 e. The molecule has 0 unspecified atom stereocenters. The van der Waals surface area contributed by atoms with Gasteiger partial charge in [0.2, 0.25) is 5.91 Å². The van der Waals surface area contributed by atoms with Gasteiger partial charge in [-0.3, -0.25) is 9.69 Å². The van der Waals surface area contributed by atoms with Gasteiger partial charge < -0.3 is 10.0 Å². The van der Waals surface area contributed by atoms with Gasteiger partial charge >= 0.3 is 0 Å². The van der Waals surface area contributed by atoms with Gasteiger partial charge in [0.05, 0.1) is 12.6 Å². The first-order valence-corrected chi connectivity index (χ1v) is 8.19. The predicted molar refractivity (Wildman–Crippen MR) is 88.7 cm³/mol. The molecule has 0 bridgehead atoms. The minimum Gasteiger partial charge on any atom is -0.393 e. The maximum absolute atomic E-state index is 12.3. The lowest BCUT2D eigenvalue weighted by Gasteiger charge is -2.31. The fourth-order valence-electron chi connectivity index (χ4n) is 2.82. The summed E-state index contributed by atoms with van der Waals surface area (Å²) in [5.41, 5.74) is 2.57. The normalized spacial score (nSPS) is 16.5. The molecule has 1 fully saturated rings. The van der Waals surface area contributed by atoms with Gasteiger partial charge in [-0.15, -0.1) is 0 Å². The Bertz CT molecular complexity index is 476. The van der Waals surface area contributed by atoms with Crippen molar-refractivity contribution in [3.8, 4) is 0 Å². The third-order valence-electron chi connectivity index (χ3n) is 4.32. The van der Waals surface area contributed by atoms with E-state index in [0.717, 1.165) is 6.54 Å². The number of carbonyl (C=O) groups is 1. The second kappa shape index (κ2) is 7.75. The van der Waals surface area contributed by atoms with Crippen molar-refractivity contribution in [1.82, 2.24) is 9.80 Å². The molecular formula is C18H28N2O2. The van der Waals surface area contributed by atoms with Crippen molar-refractivity contribution in [3.05, 3.63) is 35.4 Å². The average molecular weight is 304 g/mol. The van der Waals surface area contributed by atoms with Gasteiger partial charge in [0, 0.05) is 19.6 Å². The lowest BCUT2D eigenvalue weighted by molar-refractivity contribution is -0.134. The zero-order chi connectivity index (χ0) is 16.1. The number of likely N-dealkylation sites (tertiary alicyclic amines) is 1. The molecule has 22 heavy (non-hydrogen) atoms. The number of amides is 1. The van der Waals surface area contributed by atoms with Gasteiger partial charge in [0.1, 0.15) is 0 Å². The number of nitrogens with zero attached hydrogens (tertiary/aromatic N) is 2. The van der Waals surface area contributed by atoms with E-state index in [4.69, 9.17) is 0 Å². The summed E-state index contributed by atoms with van der Waals surface area (Å²) in [6.45, 7) is 6.95. The molecule has 1 saturated heterocycles. The number of benzene rings is 1. The standard InChI is InChI=1S/C18H28N2O2/c1-14(2)16-6-4-15(5-7-16)12-19(3)13-18(22)20-10-8-17(21)9-11-20/h4-7,14,17,21H,8-13H2,1-3H3. The van der Waals surface area contributed by atoms with Crippen molar-refractivity contribution >= 4 is 5.91 Å². The van der Waals surface area contributed by atoms with E-state index in [0.29, 0.717) is 38.4 Å². The van der Waals surface area contributed by atoms with Crippen LogP contribution in [0.2, 0.25) is 0 Å². The van der Waals surface area contributed by atoms with E-state index >= 15 is 0 Å². The Balaban J connectivity index is 1.81. The van der Waals surface area contributed by atoms with E-state index in [9.17, 15) is 9.90 Å². The highest BCUT2D eigenvalue weighted by Crippen LogP contribution is 2.15. The van der Waals surface area contributed by atoms with Crippen LogP contribution in [0.25, 0.3) is 0 Å². The van der Waals surface area contributed by atoms with Crippen LogP contribution in [-0.2, 0) is 11.3 Å². The molecule has 0 aliphatic carbocycles. The van der Waals surface area contributed by atoms with Crippen LogP contribution in [0.5, 0.6) is 0 Å². The van der Waals surface area contributed by atoms with Crippen molar-refractivity contribution in [2.24, 2.45) is 0 Å². The highest BCUT2D eigenvalue weighted by Gasteiger charge is 2.21. The molecule has 0 atom stereocenters. The molecule has 1 aliphatic rings. The summed E-state index contributed by atoms with van der Waals surface area (Å²) in [6, 6.07) is 8.63. The second-order valence-electron chi connectivity index (χ2n) is 6.68. The van der Waals surface area contributed by atoms with Crippen LogP contribution in [0, 0.1) is 0 Å². The number of hydrogen-bond donors (Lipinski definition) is 1. The van der Waals surface area contributed by atoms with Crippen LogP contribution >= 0.6 is 0 Å². The monoisotopic (exact) mass is 304 g/mol. The van der Waals surface area contributed by atoms with Crippen LogP contribution < -0.4 is 0 Å². The molecule has 1 aromatic carbocycles. The molecule has 4 heteroatoms. The van der Waals surface area contributed by atoms with Gasteiger partial charge in [-0.05, 0) is 36.9 Å². The predicted octanol–water partition coefficient (Wildman–Crippen LogP) is 2.23. The Hall–Kier alpha value is -1.39. The zero-order valence-corrected chi connectivity index (χ0v) is 14.0. The lowest BCUT2D eigenvalue weighted by Crippen LogP contribution is -2.44. The number of aliphatic hydroxyl groups excluding tert-OH is 1. The quantitative estimate of drug-likeness (QED) is 0.907. The summed E-state index contributed by atoms with van der Waals surface area (Å²) < 4.78 is 0. The minimum atomic E-state index is -0.235. The largest absolute Gasteiger partial charge is 0.393 e. The van der Waals surface area contributed by atoms with Crippen LogP contribution in [0.3, 0.4) is 0 Å². The maximum atomic E-state index is 12.3. The molecule has 4 nitrogen and oxygen atoms in total. The Morgan fingerprint density at radius 1 is 1.27 bits per heavy atom. The molecule has 0 saturated carbocycles. The van der Waals surface area contributed by atoms with Crippen molar-refractivity contribution in [2.45, 2.75) is 45.3 Å². The first kappa shape index (κ1) is 17.0. The molecule has 0 aromatic heterocycles. The van der Waals surface area contributed by atoms with Gasteiger partial charge in [-0.25, -0.2) is 0 Å². The molecular weight excluding hydrogens is 276 g/mol. The van der Waals surface area contributed by atoms with Crippen molar-refractivity contribution in [1.29, 1.82) is 0 Å². The van der Waals surface area contributed by atoms with Gasteiger partial charge in [0.25, 0.3) is 0 Å². The van der Waals surface area contributed by atoms with Crippen LogP contribution in [0.15, 0.2) is 24.3 Å². The van der Waals surface area contributed by atoms with Crippen LogP contribution in [-0.4, -0.2) is 53.6 Å². The van der Waals surface area contributed by atoms with E-state index < -0.39 is 0 Å². The molecule has 1 aliphatic heterocycles. The Labute approximate surface area is 133 Å². The van der Waals surface area contributed by atoms with Gasteiger partial charge in [0.15, 0.2) is 0 Å². The third kappa shape index (κ3) is 4.82. The fourth-order valence-corrected chi connectivity index (χ4v) is 2.82. The summed E-state index contributed by atoms with van der Waals surface area (Å²) in [5.74, 6) is 0.705. The molecule has 1 heterocycles. The molecule has 2 rings (SSSR count). The summed E-state index contributed by atoms with van der Waals surface area (Å²) >= 11 is 0. The summed E-state index contributed by atoms with van der Waals surface area (Å²) in [4.78, 5) is 16.2. The molecule has 1 N–H and O–H groups in total. The number of piperidine rings is 1.